The lowest BCUT2D eigenvalue weighted by atomic mass is 10.1. The summed E-state index contributed by atoms with van der Waals surface area (Å²) in [4.78, 5) is 27.5. The SMILES string of the molecule is N#Cc1ccc(N2CCC[C@H]2C(=O)N2CCSCC2)c([N+](=O)[O-])c1. The number of amides is 1. The number of hydrogen-bond donors (Lipinski definition) is 0. The van der Waals surface area contributed by atoms with Crippen LogP contribution in [0.5, 0.6) is 0 Å². The molecule has 0 unspecified atom stereocenters. The Morgan fingerprint density at radius 2 is 2.08 bits per heavy atom. The summed E-state index contributed by atoms with van der Waals surface area (Å²) in [6, 6.07) is 6.02. The van der Waals surface area contributed by atoms with Crippen molar-refractivity contribution in [2.45, 2.75) is 18.9 Å². The maximum absolute atomic E-state index is 12.8. The van der Waals surface area contributed by atoms with E-state index in [1.807, 2.05) is 27.6 Å². The second-order valence-corrected chi connectivity index (χ2v) is 7.09. The number of rotatable bonds is 3. The van der Waals surface area contributed by atoms with Crippen molar-refractivity contribution in [1.82, 2.24) is 4.90 Å². The van der Waals surface area contributed by atoms with Gasteiger partial charge in [0.25, 0.3) is 5.69 Å². The number of carbonyl (C=O) groups is 1. The van der Waals surface area contributed by atoms with Gasteiger partial charge in [0.15, 0.2) is 0 Å². The summed E-state index contributed by atoms with van der Waals surface area (Å²) in [5.74, 6) is 1.94. The lowest BCUT2D eigenvalue weighted by molar-refractivity contribution is -0.384. The van der Waals surface area contributed by atoms with Gasteiger partial charge in [-0.05, 0) is 25.0 Å². The molecule has 0 spiro atoms. The zero-order valence-electron chi connectivity index (χ0n) is 13.2. The molecule has 2 heterocycles. The second kappa shape index (κ2) is 7.09. The summed E-state index contributed by atoms with van der Waals surface area (Å²) >= 11 is 1.84. The number of anilines is 1. The average Bonchev–Trinajstić information content (AvgIpc) is 3.10. The minimum Gasteiger partial charge on any atom is -0.354 e. The predicted octanol–water partition coefficient (Wildman–Crippen LogP) is 2.01. The van der Waals surface area contributed by atoms with E-state index in [0.717, 1.165) is 31.0 Å². The predicted molar refractivity (Wildman–Crippen MR) is 92.1 cm³/mol. The van der Waals surface area contributed by atoms with Crippen LogP contribution in [0.15, 0.2) is 18.2 Å². The smallest absolute Gasteiger partial charge is 0.293 e. The Labute approximate surface area is 144 Å². The van der Waals surface area contributed by atoms with Crippen LogP contribution in [-0.4, -0.2) is 52.9 Å². The highest BCUT2D eigenvalue weighted by molar-refractivity contribution is 7.99. The van der Waals surface area contributed by atoms with Crippen molar-refractivity contribution in [2.24, 2.45) is 0 Å². The van der Waals surface area contributed by atoms with Gasteiger partial charge in [-0.15, -0.1) is 0 Å². The molecule has 24 heavy (non-hydrogen) atoms. The Morgan fingerprint density at radius 3 is 2.75 bits per heavy atom. The number of nitriles is 1. The van der Waals surface area contributed by atoms with Gasteiger partial charge in [0.1, 0.15) is 11.7 Å². The Balaban J connectivity index is 1.89. The van der Waals surface area contributed by atoms with Crippen LogP contribution in [0.4, 0.5) is 11.4 Å². The van der Waals surface area contributed by atoms with Crippen LogP contribution in [0.25, 0.3) is 0 Å². The first-order chi connectivity index (χ1) is 11.6. The van der Waals surface area contributed by atoms with Gasteiger partial charge in [-0.3, -0.25) is 14.9 Å². The zero-order chi connectivity index (χ0) is 17.1. The Hall–Kier alpha value is -2.27. The van der Waals surface area contributed by atoms with Gasteiger partial charge in [-0.25, -0.2) is 0 Å². The monoisotopic (exact) mass is 346 g/mol. The van der Waals surface area contributed by atoms with Gasteiger partial charge in [0, 0.05) is 37.2 Å². The first-order valence-corrected chi connectivity index (χ1v) is 9.09. The van der Waals surface area contributed by atoms with E-state index in [1.165, 1.54) is 6.07 Å². The molecule has 0 aliphatic carbocycles. The van der Waals surface area contributed by atoms with E-state index in [9.17, 15) is 14.9 Å². The third kappa shape index (κ3) is 3.17. The number of thioether (sulfide) groups is 1. The quantitative estimate of drug-likeness (QED) is 0.614. The molecule has 1 amide bonds. The number of nitro benzene ring substituents is 1. The third-order valence-corrected chi connectivity index (χ3v) is 5.41. The average molecular weight is 346 g/mol. The van der Waals surface area contributed by atoms with Crippen molar-refractivity contribution in [2.75, 3.05) is 36.0 Å². The molecule has 2 aliphatic heterocycles. The van der Waals surface area contributed by atoms with Gasteiger partial charge in [-0.2, -0.15) is 17.0 Å². The summed E-state index contributed by atoms with van der Waals surface area (Å²) in [5.41, 5.74) is 0.574. The minimum atomic E-state index is -0.479. The van der Waals surface area contributed by atoms with Crippen molar-refractivity contribution >= 4 is 29.0 Å². The minimum absolute atomic E-state index is 0.0615. The number of nitro groups is 1. The van der Waals surface area contributed by atoms with E-state index in [4.69, 9.17) is 5.26 Å². The molecule has 2 saturated heterocycles. The van der Waals surface area contributed by atoms with Crippen LogP contribution in [0.2, 0.25) is 0 Å². The van der Waals surface area contributed by atoms with Crippen molar-refractivity contribution in [1.29, 1.82) is 5.26 Å². The van der Waals surface area contributed by atoms with Crippen LogP contribution in [0, 0.1) is 21.4 Å². The molecule has 0 radical (unpaired) electrons. The van der Waals surface area contributed by atoms with E-state index in [1.54, 1.807) is 12.1 Å². The fourth-order valence-corrected chi connectivity index (χ4v) is 4.19. The van der Waals surface area contributed by atoms with Gasteiger partial charge in [-0.1, -0.05) is 0 Å². The third-order valence-electron chi connectivity index (χ3n) is 4.47. The molecule has 1 atom stereocenters. The molecule has 2 fully saturated rings. The van der Waals surface area contributed by atoms with Gasteiger partial charge in [0.2, 0.25) is 5.91 Å². The molecule has 3 rings (SSSR count). The second-order valence-electron chi connectivity index (χ2n) is 5.86. The van der Waals surface area contributed by atoms with E-state index >= 15 is 0 Å². The Bertz CT molecular complexity index is 697. The zero-order valence-corrected chi connectivity index (χ0v) is 14.0. The van der Waals surface area contributed by atoms with E-state index in [0.29, 0.717) is 18.7 Å². The van der Waals surface area contributed by atoms with Gasteiger partial charge in [0.05, 0.1) is 16.6 Å². The standard InChI is InChI=1S/C16H18N4O3S/c17-11-12-3-4-13(15(10-12)20(22)23)19-5-1-2-14(19)16(21)18-6-8-24-9-7-18/h3-4,10,14H,1-2,5-9H2/t14-/m0/s1. The molecule has 7 nitrogen and oxygen atoms in total. The first-order valence-electron chi connectivity index (χ1n) is 7.93. The molecule has 126 valence electrons. The van der Waals surface area contributed by atoms with Gasteiger partial charge < -0.3 is 9.80 Å². The fourth-order valence-electron chi connectivity index (χ4n) is 3.29. The largest absolute Gasteiger partial charge is 0.354 e. The van der Waals surface area contributed by atoms with Crippen molar-refractivity contribution in [3.63, 3.8) is 0 Å². The Kier molecular flexibility index (Phi) is 4.90. The topological polar surface area (TPSA) is 90.5 Å². The normalized spacial score (nSPS) is 20.7. The molecule has 1 aromatic rings. The molecule has 0 N–H and O–H groups in total. The van der Waals surface area contributed by atoms with Crippen molar-refractivity contribution in [3.05, 3.63) is 33.9 Å². The fraction of sp³-hybridized carbons (Fsp3) is 0.500. The van der Waals surface area contributed by atoms with Crippen molar-refractivity contribution < 1.29 is 9.72 Å². The lowest BCUT2D eigenvalue weighted by Gasteiger charge is -2.33. The molecule has 0 saturated carbocycles. The maximum Gasteiger partial charge on any atom is 0.293 e. The summed E-state index contributed by atoms with van der Waals surface area (Å²) in [6.45, 7) is 2.10. The summed E-state index contributed by atoms with van der Waals surface area (Å²) in [7, 11) is 0. The highest BCUT2D eigenvalue weighted by Crippen LogP contribution is 2.35. The highest BCUT2D eigenvalue weighted by atomic mass is 32.2. The number of benzene rings is 1. The first kappa shape index (κ1) is 16.6. The lowest BCUT2D eigenvalue weighted by Crippen LogP contribution is -2.48. The van der Waals surface area contributed by atoms with Crippen LogP contribution in [0.3, 0.4) is 0 Å². The number of carbonyl (C=O) groups excluding carboxylic acids is 1. The summed E-state index contributed by atoms with van der Waals surface area (Å²) < 4.78 is 0. The van der Waals surface area contributed by atoms with Crippen LogP contribution in [-0.2, 0) is 4.79 Å². The van der Waals surface area contributed by atoms with Crippen molar-refractivity contribution in [3.8, 4) is 6.07 Å². The summed E-state index contributed by atoms with van der Waals surface area (Å²) in [5, 5.41) is 20.4. The molecular formula is C16H18N4O3S. The van der Waals surface area contributed by atoms with E-state index in [2.05, 4.69) is 0 Å². The maximum atomic E-state index is 12.8. The number of nitrogens with zero attached hydrogens (tertiary/aromatic N) is 4. The van der Waals surface area contributed by atoms with Crippen LogP contribution in [0.1, 0.15) is 18.4 Å². The molecule has 1 aromatic carbocycles. The van der Waals surface area contributed by atoms with Crippen LogP contribution >= 0.6 is 11.8 Å². The highest BCUT2D eigenvalue weighted by Gasteiger charge is 2.37. The molecular weight excluding hydrogens is 328 g/mol. The van der Waals surface area contributed by atoms with Crippen LogP contribution < -0.4 is 4.90 Å². The number of hydrogen-bond acceptors (Lipinski definition) is 6. The van der Waals surface area contributed by atoms with E-state index in [-0.39, 0.29) is 23.2 Å². The molecule has 0 aromatic heterocycles. The van der Waals surface area contributed by atoms with E-state index < -0.39 is 4.92 Å². The van der Waals surface area contributed by atoms with Gasteiger partial charge >= 0.3 is 0 Å². The summed E-state index contributed by atoms with van der Waals surface area (Å²) in [6.07, 6.45) is 1.54. The molecule has 8 heteroatoms. The Morgan fingerprint density at radius 1 is 1.33 bits per heavy atom. The molecule has 2 aliphatic rings. The molecule has 0 bridgehead atoms.